The maximum atomic E-state index is 6.09. The van der Waals surface area contributed by atoms with Crippen LogP contribution in [0.15, 0.2) is 4.52 Å². The van der Waals surface area contributed by atoms with Gasteiger partial charge in [-0.2, -0.15) is 0 Å². The van der Waals surface area contributed by atoms with Crippen LogP contribution in [0.1, 0.15) is 36.3 Å². The monoisotopic (exact) mass is 280 g/mol. The average molecular weight is 280 g/mol. The Morgan fingerprint density at radius 1 is 1.45 bits per heavy atom. The van der Waals surface area contributed by atoms with Gasteiger partial charge in [0.25, 0.3) is 0 Å². The number of hydrogen-bond donors (Lipinski definition) is 0. The molecule has 0 aromatic carbocycles. The van der Waals surface area contributed by atoms with E-state index in [4.69, 9.17) is 14.0 Å². The van der Waals surface area contributed by atoms with Crippen LogP contribution in [-0.4, -0.2) is 48.6 Å². The van der Waals surface area contributed by atoms with Crippen molar-refractivity contribution in [3.8, 4) is 0 Å². The molecule has 2 aliphatic rings. The van der Waals surface area contributed by atoms with Crippen molar-refractivity contribution in [1.29, 1.82) is 0 Å². The standard InChI is InChI=1S/C15H24N2O3/c1-11-14(12(2)20-16-11)8-17-6-4-5-15(10-17)7-13(18-3)9-19-15/h13H,4-10H2,1-3H3/t13-,15-/m0/s1. The van der Waals surface area contributed by atoms with Crippen LogP contribution in [0.5, 0.6) is 0 Å². The first-order valence-corrected chi connectivity index (χ1v) is 7.43. The molecule has 0 radical (unpaired) electrons. The number of methoxy groups -OCH3 is 1. The molecule has 1 spiro atoms. The van der Waals surface area contributed by atoms with Crippen molar-refractivity contribution in [3.05, 3.63) is 17.0 Å². The number of hydrogen-bond acceptors (Lipinski definition) is 5. The van der Waals surface area contributed by atoms with Crippen LogP contribution >= 0.6 is 0 Å². The van der Waals surface area contributed by atoms with Crippen LogP contribution in [0.2, 0.25) is 0 Å². The molecule has 0 saturated carbocycles. The van der Waals surface area contributed by atoms with Gasteiger partial charge in [0.05, 0.1) is 24.0 Å². The van der Waals surface area contributed by atoms with E-state index in [2.05, 4.69) is 10.1 Å². The first kappa shape index (κ1) is 14.0. The van der Waals surface area contributed by atoms with Gasteiger partial charge < -0.3 is 14.0 Å². The van der Waals surface area contributed by atoms with Crippen LogP contribution in [0.3, 0.4) is 0 Å². The van der Waals surface area contributed by atoms with E-state index in [1.165, 1.54) is 12.0 Å². The van der Waals surface area contributed by atoms with Gasteiger partial charge in [-0.05, 0) is 33.2 Å². The van der Waals surface area contributed by atoms with Gasteiger partial charge in [0, 0.05) is 32.2 Å². The highest BCUT2D eigenvalue weighted by molar-refractivity contribution is 5.20. The molecule has 2 atom stereocenters. The number of rotatable bonds is 3. The molecule has 0 unspecified atom stereocenters. The van der Waals surface area contributed by atoms with Crippen molar-refractivity contribution in [2.75, 3.05) is 26.8 Å². The lowest BCUT2D eigenvalue weighted by atomic mass is 9.89. The topological polar surface area (TPSA) is 47.7 Å². The van der Waals surface area contributed by atoms with E-state index in [1.807, 2.05) is 13.8 Å². The molecule has 0 amide bonds. The summed E-state index contributed by atoms with van der Waals surface area (Å²) in [6.45, 7) is 7.74. The molecule has 1 aromatic heterocycles. The Morgan fingerprint density at radius 2 is 2.30 bits per heavy atom. The summed E-state index contributed by atoms with van der Waals surface area (Å²) in [5.41, 5.74) is 2.23. The Balaban J connectivity index is 1.67. The average Bonchev–Trinajstić information content (AvgIpc) is 2.97. The molecule has 20 heavy (non-hydrogen) atoms. The number of ether oxygens (including phenoxy) is 2. The molecule has 3 rings (SSSR count). The van der Waals surface area contributed by atoms with Gasteiger partial charge in [-0.15, -0.1) is 0 Å². The predicted octanol–water partition coefficient (Wildman–Crippen LogP) is 2.06. The van der Waals surface area contributed by atoms with Crippen molar-refractivity contribution in [2.24, 2.45) is 0 Å². The molecule has 0 bridgehead atoms. The summed E-state index contributed by atoms with van der Waals surface area (Å²) in [4.78, 5) is 2.47. The fourth-order valence-corrected chi connectivity index (χ4v) is 3.51. The fraction of sp³-hybridized carbons (Fsp3) is 0.800. The lowest BCUT2D eigenvalue weighted by Crippen LogP contribution is -2.47. The van der Waals surface area contributed by atoms with E-state index >= 15 is 0 Å². The summed E-state index contributed by atoms with van der Waals surface area (Å²) in [6, 6.07) is 0. The van der Waals surface area contributed by atoms with Gasteiger partial charge in [-0.25, -0.2) is 0 Å². The highest BCUT2D eigenvalue weighted by atomic mass is 16.6. The third-order valence-corrected chi connectivity index (χ3v) is 4.69. The van der Waals surface area contributed by atoms with E-state index in [0.29, 0.717) is 0 Å². The maximum Gasteiger partial charge on any atom is 0.138 e. The first-order valence-electron chi connectivity index (χ1n) is 7.43. The van der Waals surface area contributed by atoms with Crippen LogP contribution in [0.25, 0.3) is 0 Å². The number of likely N-dealkylation sites (tertiary alicyclic amines) is 1. The van der Waals surface area contributed by atoms with E-state index in [9.17, 15) is 0 Å². The molecule has 2 aliphatic heterocycles. The lowest BCUT2D eigenvalue weighted by Gasteiger charge is -2.39. The molecule has 2 fully saturated rings. The number of aromatic nitrogens is 1. The Kier molecular flexibility index (Phi) is 3.84. The van der Waals surface area contributed by atoms with Crippen molar-refractivity contribution >= 4 is 0 Å². The first-order chi connectivity index (χ1) is 9.62. The second-order valence-corrected chi connectivity index (χ2v) is 6.17. The molecule has 3 heterocycles. The number of piperidine rings is 1. The van der Waals surface area contributed by atoms with Gasteiger partial charge in [0.2, 0.25) is 0 Å². The third kappa shape index (κ3) is 2.62. The van der Waals surface area contributed by atoms with Crippen molar-refractivity contribution in [2.45, 2.75) is 51.4 Å². The minimum Gasteiger partial charge on any atom is -0.379 e. The highest BCUT2D eigenvalue weighted by Crippen LogP contribution is 2.36. The van der Waals surface area contributed by atoms with Crippen LogP contribution in [0, 0.1) is 13.8 Å². The Labute approximate surface area is 120 Å². The van der Waals surface area contributed by atoms with Crippen molar-refractivity contribution < 1.29 is 14.0 Å². The zero-order valence-corrected chi connectivity index (χ0v) is 12.6. The Bertz CT molecular complexity index is 454. The number of nitrogens with zero attached hydrogens (tertiary/aromatic N) is 2. The van der Waals surface area contributed by atoms with E-state index in [1.54, 1.807) is 7.11 Å². The van der Waals surface area contributed by atoms with Gasteiger partial charge in [-0.1, -0.05) is 5.16 Å². The van der Waals surface area contributed by atoms with Crippen molar-refractivity contribution in [3.63, 3.8) is 0 Å². The lowest BCUT2D eigenvalue weighted by molar-refractivity contribution is -0.0543. The highest BCUT2D eigenvalue weighted by Gasteiger charge is 2.43. The van der Waals surface area contributed by atoms with Crippen LogP contribution in [0.4, 0.5) is 0 Å². The normalized spacial score (nSPS) is 31.2. The van der Waals surface area contributed by atoms with E-state index in [0.717, 1.165) is 50.5 Å². The SMILES string of the molecule is CO[C@@H]1CO[C@@]2(CCCN(Cc3c(C)noc3C)C2)C1. The van der Waals surface area contributed by atoms with Gasteiger partial charge in [-0.3, -0.25) is 4.90 Å². The molecular weight excluding hydrogens is 256 g/mol. The molecule has 0 aliphatic carbocycles. The molecule has 5 heteroatoms. The minimum absolute atomic E-state index is 0.00208. The second kappa shape index (κ2) is 5.47. The largest absolute Gasteiger partial charge is 0.379 e. The second-order valence-electron chi connectivity index (χ2n) is 6.17. The van der Waals surface area contributed by atoms with Gasteiger partial charge >= 0.3 is 0 Å². The van der Waals surface area contributed by atoms with Crippen molar-refractivity contribution in [1.82, 2.24) is 10.1 Å². The maximum absolute atomic E-state index is 6.09. The summed E-state index contributed by atoms with van der Waals surface area (Å²) in [5.74, 6) is 0.934. The van der Waals surface area contributed by atoms with Gasteiger partial charge in [0.15, 0.2) is 0 Å². The summed E-state index contributed by atoms with van der Waals surface area (Å²) in [6.07, 6.45) is 3.60. The number of aryl methyl sites for hydroxylation is 2. The Hall–Kier alpha value is -0.910. The predicted molar refractivity (Wildman–Crippen MR) is 74.6 cm³/mol. The van der Waals surface area contributed by atoms with E-state index in [-0.39, 0.29) is 11.7 Å². The zero-order valence-electron chi connectivity index (χ0n) is 12.6. The molecule has 0 N–H and O–H groups in total. The molecule has 112 valence electrons. The summed E-state index contributed by atoms with van der Waals surface area (Å²) < 4.78 is 16.8. The zero-order chi connectivity index (χ0) is 14.2. The smallest absolute Gasteiger partial charge is 0.138 e. The molecule has 5 nitrogen and oxygen atoms in total. The van der Waals surface area contributed by atoms with E-state index < -0.39 is 0 Å². The summed E-state index contributed by atoms with van der Waals surface area (Å²) >= 11 is 0. The quantitative estimate of drug-likeness (QED) is 0.848. The molecule has 2 saturated heterocycles. The minimum atomic E-state index is -0.00208. The van der Waals surface area contributed by atoms with Crippen LogP contribution < -0.4 is 0 Å². The summed E-state index contributed by atoms with van der Waals surface area (Å²) in [7, 11) is 1.78. The Morgan fingerprint density at radius 3 is 2.95 bits per heavy atom. The molecular formula is C15H24N2O3. The fourth-order valence-electron chi connectivity index (χ4n) is 3.51. The summed E-state index contributed by atoms with van der Waals surface area (Å²) in [5, 5.41) is 4.04. The van der Waals surface area contributed by atoms with Crippen LogP contribution in [-0.2, 0) is 16.0 Å². The molecule has 1 aromatic rings. The third-order valence-electron chi connectivity index (χ3n) is 4.69. The van der Waals surface area contributed by atoms with Gasteiger partial charge in [0.1, 0.15) is 5.76 Å².